The fraction of sp³-hybridized carbons (Fsp3) is 0.250. The average molecular weight is 306 g/mol. The summed E-state index contributed by atoms with van der Waals surface area (Å²) >= 11 is 0. The van der Waals surface area contributed by atoms with Crippen molar-refractivity contribution >= 4 is 0 Å². The standard InChI is InChI=1S/C20H22N2O/c1-3-4-14-22-20(23)18(16-8-6-5-7-9-16)19(21-22)17-12-10-15(2)11-13-17/h5-13,21H,3-4,14H2,1-2H3. The number of H-pyrrole nitrogens is 1. The number of hydrogen-bond acceptors (Lipinski definition) is 1. The molecule has 0 unspecified atom stereocenters. The molecule has 1 aromatic heterocycles. The van der Waals surface area contributed by atoms with Crippen LogP contribution in [0.3, 0.4) is 0 Å². The molecule has 0 spiro atoms. The summed E-state index contributed by atoms with van der Waals surface area (Å²) in [6.45, 7) is 4.92. The summed E-state index contributed by atoms with van der Waals surface area (Å²) in [5, 5.41) is 3.32. The molecule has 0 radical (unpaired) electrons. The summed E-state index contributed by atoms with van der Waals surface area (Å²) in [6, 6.07) is 18.2. The van der Waals surface area contributed by atoms with Gasteiger partial charge < -0.3 is 0 Å². The zero-order valence-electron chi connectivity index (χ0n) is 13.7. The molecule has 0 aliphatic carbocycles. The van der Waals surface area contributed by atoms with Gasteiger partial charge in [-0.15, -0.1) is 0 Å². The van der Waals surface area contributed by atoms with E-state index in [1.54, 1.807) is 4.68 Å². The summed E-state index contributed by atoms with van der Waals surface area (Å²) < 4.78 is 1.74. The third-order valence-corrected chi connectivity index (χ3v) is 4.09. The van der Waals surface area contributed by atoms with Gasteiger partial charge in [-0.1, -0.05) is 73.5 Å². The summed E-state index contributed by atoms with van der Waals surface area (Å²) in [5.41, 5.74) is 4.92. The molecule has 3 rings (SSSR count). The highest BCUT2D eigenvalue weighted by Crippen LogP contribution is 2.28. The molecule has 0 fully saturated rings. The van der Waals surface area contributed by atoms with Crippen molar-refractivity contribution in [1.82, 2.24) is 9.78 Å². The van der Waals surface area contributed by atoms with Gasteiger partial charge in [-0.25, -0.2) is 0 Å². The number of hydrogen-bond donors (Lipinski definition) is 1. The Kier molecular flexibility index (Phi) is 4.47. The molecule has 0 saturated heterocycles. The number of aromatic nitrogens is 2. The maximum Gasteiger partial charge on any atom is 0.274 e. The van der Waals surface area contributed by atoms with Crippen LogP contribution in [-0.4, -0.2) is 9.78 Å². The van der Waals surface area contributed by atoms with Crippen molar-refractivity contribution in [2.24, 2.45) is 0 Å². The molecular formula is C20H22N2O. The van der Waals surface area contributed by atoms with Gasteiger partial charge in [0.25, 0.3) is 5.56 Å². The zero-order valence-corrected chi connectivity index (χ0v) is 13.7. The van der Waals surface area contributed by atoms with E-state index in [1.165, 1.54) is 5.56 Å². The Bertz CT molecular complexity index is 826. The van der Waals surface area contributed by atoms with E-state index in [1.807, 2.05) is 30.3 Å². The molecule has 0 bridgehead atoms. The van der Waals surface area contributed by atoms with Crippen molar-refractivity contribution in [2.45, 2.75) is 33.2 Å². The Morgan fingerprint density at radius 2 is 1.65 bits per heavy atom. The van der Waals surface area contributed by atoms with Crippen LogP contribution in [0.1, 0.15) is 25.3 Å². The van der Waals surface area contributed by atoms with E-state index in [4.69, 9.17) is 0 Å². The van der Waals surface area contributed by atoms with Crippen LogP contribution in [0.4, 0.5) is 0 Å². The number of aryl methyl sites for hydroxylation is 2. The lowest BCUT2D eigenvalue weighted by atomic mass is 10.0. The smallest absolute Gasteiger partial charge is 0.274 e. The number of rotatable bonds is 5. The molecule has 2 aromatic carbocycles. The van der Waals surface area contributed by atoms with Crippen molar-refractivity contribution < 1.29 is 0 Å². The first-order valence-corrected chi connectivity index (χ1v) is 8.16. The molecule has 1 N–H and O–H groups in total. The molecule has 0 atom stereocenters. The van der Waals surface area contributed by atoms with Crippen LogP contribution >= 0.6 is 0 Å². The zero-order chi connectivity index (χ0) is 16.2. The van der Waals surface area contributed by atoms with Crippen molar-refractivity contribution in [3.05, 3.63) is 70.5 Å². The maximum atomic E-state index is 12.9. The van der Waals surface area contributed by atoms with Crippen LogP contribution in [0.15, 0.2) is 59.4 Å². The fourth-order valence-electron chi connectivity index (χ4n) is 2.76. The second-order valence-corrected chi connectivity index (χ2v) is 5.90. The van der Waals surface area contributed by atoms with E-state index in [2.05, 4.69) is 43.2 Å². The molecule has 23 heavy (non-hydrogen) atoms. The van der Waals surface area contributed by atoms with Gasteiger partial charge in [0.2, 0.25) is 0 Å². The molecular weight excluding hydrogens is 284 g/mol. The minimum absolute atomic E-state index is 0.0558. The molecule has 0 aliphatic rings. The summed E-state index contributed by atoms with van der Waals surface area (Å²) in [5.74, 6) is 0. The first kappa shape index (κ1) is 15.3. The van der Waals surface area contributed by atoms with Gasteiger partial charge in [0.05, 0.1) is 11.3 Å². The Hall–Kier alpha value is -2.55. The SMILES string of the molecule is CCCCn1[nH]c(-c2ccc(C)cc2)c(-c2ccccc2)c1=O. The monoisotopic (exact) mass is 306 g/mol. The molecule has 3 heteroatoms. The molecule has 3 nitrogen and oxygen atoms in total. The van der Waals surface area contributed by atoms with Gasteiger partial charge in [-0.3, -0.25) is 14.6 Å². The number of nitrogens with zero attached hydrogens (tertiary/aromatic N) is 1. The quantitative estimate of drug-likeness (QED) is 0.734. The molecule has 118 valence electrons. The van der Waals surface area contributed by atoms with Crippen molar-refractivity contribution in [1.29, 1.82) is 0 Å². The lowest BCUT2D eigenvalue weighted by Gasteiger charge is -2.03. The lowest BCUT2D eigenvalue weighted by Crippen LogP contribution is -2.17. The normalized spacial score (nSPS) is 10.9. The molecule has 1 heterocycles. The first-order chi connectivity index (χ1) is 11.2. The fourth-order valence-corrected chi connectivity index (χ4v) is 2.76. The minimum atomic E-state index is 0.0558. The van der Waals surface area contributed by atoms with Crippen LogP contribution < -0.4 is 5.56 Å². The second-order valence-electron chi connectivity index (χ2n) is 5.90. The average Bonchev–Trinajstić information content (AvgIpc) is 2.91. The number of benzene rings is 2. The molecule has 3 aromatic rings. The van der Waals surface area contributed by atoms with E-state index in [-0.39, 0.29) is 5.56 Å². The largest absolute Gasteiger partial charge is 0.294 e. The van der Waals surface area contributed by atoms with E-state index >= 15 is 0 Å². The van der Waals surface area contributed by atoms with E-state index < -0.39 is 0 Å². The van der Waals surface area contributed by atoms with Crippen molar-refractivity contribution in [2.75, 3.05) is 0 Å². The maximum absolute atomic E-state index is 12.9. The molecule has 0 amide bonds. The molecule has 0 saturated carbocycles. The predicted octanol–water partition coefficient (Wildman–Crippen LogP) is 4.62. The van der Waals surface area contributed by atoms with Gasteiger partial charge in [0.1, 0.15) is 0 Å². The Balaban J connectivity index is 2.17. The van der Waals surface area contributed by atoms with Crippen molar-refractivity contribution in [3.63, 3.8) is 0 Å². The van der Waals surface area contributed by atoms with Gasteiger partial charge in [0.15, 0.2) is 0 Å². The first-order valence-electron chi connectivity index (χ1n) is 8.16. The van der Waals surface area contributed by atoms with Gasteiger partial charge in [0, 0.05) is 12.1 Å². The summed E-state index contributed by atoms with van der Waals surface area (Å²) in [4.78, 5) is 12.9. The summed E-state index contributed by atoms with van der Waals surface area (Å²) in [6.07, 6.45) is 2.05. The van der Waals surface area contributed by atoms with Crippen molar-refractivity contribution in [3.8, 4) is 22.4 Å². The third kappa shape index (κ3) is 3.14. The topological polar surface area (TPSA) is 37.8 Å². The predicted molar refractivity (Wildman–Crippen MR) is 95.6 cm³/mol. The highest BCUT2D eigenvalue weighted by Gasteiger charge is 2.17. The number of aromatic amines is 1. The lowest BCUT2D eigenvalue weighted by molar-refractivity contribution is 0.559. The number of nitrogens with one attached hydrogen (secondary N) is 1. The summed E-state index contributed by atoms with van der Waals surface area (Å²) in [7, 11) is 0. The van der Waals surface area contributed by atoms with Crippen LogP contribution in [0.5, 0.6) is 0 Å². The van der Waals surface area contributed by atoms with Gasteiger partial charge in [-0.2, -0.15) is 0 Å². The highest BCUT2D eigenvalue weighted by molar-refractivity contribution is 5.80. The molecule has 0 aliphatic heterocycles. The van der Waals surface area contributed by atoms with E-state index in [0.717, 1.165) is 41.8 Å². The Labute approximate surface area is 136 Å². The van der Waals surface area contributed by atoms with Gasteiger partial charge in [-0.05, 0) is 18.9 Å². The minimum Gasteiger partial charge on any atom is -0.294 e. The second kappa shape index (κ2) is 6.69. The van der Waals surface area contributed by atoms with Crippen LogP contribution in [0.2, 0.25) is 0 Å². The third-order valence-electron chi connectivity index (χ3n) is 4.09. The Morgan fingerprint density at radius 3 is 2.30 bits per heavy atom. The van der Waals surface area contributed by atoms with Gasteiger partial charge >= 0.3 is 0 Å². The van der Waals surface area contributed by atoms with Crippen LogP contribution in [0.25, 0.3) is 22.4 Å². The highest BCUT2D eigenvalue weighted by atomic mass is 16.1. The van der Waals surface area contributed by atoms with E-state index in [0.29, 0.717) is 0 Å². The number of unbranched alkanes of at least 4 members (excludes halogenated alkanes) is 1. The Morgan fingerprint density at radius 1 is 0.957 bits per heavy atom. The van der Waals surface area contributed by atoms with Crippen LogP contribution in [0, 0.1) is 6.92 Å². The van der Waals surface area contributed by atoms with Crippen LogP contribution in [-0.2, 0) is 6.54 Å². The van der Waals surface area contributed by atoms with E-state index in [9.17, 15) is 4.79 Å².